The van der Waals surface area contributed by atoms with Crippen LogP contribution in [0.3, 0.4) is 0 Å². The van der Waals surface area contributed by atoms with Crippen molar-refractivity contribution in [3.05, 3.63) is 89.0 Å². The fraction of sp³-hybridized carbons (Fsp3) is 0.343. The summed E-state index contributed by atoms with van der Waals surface area (Å²) in [5.41, 5.74) is 6.28. The number of thioether (sulfide) groups is 1. The minimum Gasteiger partial charge on any atom is -0.497 e. The largest absolute Gasteiger partial charge is 0.497 e. The van der Waals surface area contributed by atoms with Gasteiger partial charge in [-0.2, -0.15) is 5.10 Å². The number of hydrogen-bond donors (Lipinski definition) is 1. The number of carbonyl (C=O) groups is 2. The standard InChI is InChI=1S/C35H38N4O5S/c1-22-12-14-28(23(2)17-22)39-35-32(33(37-39)24-9-6-5-7-10-24)34(27-18-25(42-3)13-15-29(27)43-4)45-21-31(41)38(35)20-30(40)36-19-26-11-8-16-44-26/h5-7,9-10,12-15,17-18,26,34H,8,11,16,19-21H2,1-4H3,(H,36,40)/t26-,34+/m0/s1. The summed E-state index contributed by atoms with van der Waals surface area (Å²) in [6, 6.07) is 21.8. The highest BCUT2D eigenvalue weighted by Gasteiger charge is 2.39. The molecule has 1 fully saturated rings. The van der Waals surface area contributed by atoms with Crippen molar-refractivity contribution in [1.82, 2.24) is 15.1 Å². The zero-order valence-electron chi connectivity index (χ0n) is 26.0. The Bertz CT molecular complexity index is 1700. The smallest absolute Gasteiger partial charge is 0.240 e. The first-order valence-electron chi connectivity index (χ1n) is 15.2. The van der Waals surface area contributed by atoms with Gasteiger partial charge in [0.1, 0.15) is 23.9 Å². The van der Waals surface area contributed by atoms with Gasteiger partial charge in [0.25, 0.3) is 0 Å². The fourth-order valence-electron chi connectivity index (χ4n) is 6.06. The number of hydrogen-bond acceptors (Lipinski definition) is 7. The van der Waals surface area contributed by atoms with Crippen molar-refractivity contribution in [2.24, 2.45) is 0 Å². The van der Waals surface area contributed by atoms with E-state index >= 15 is 0 Å². The summed E-state index contributed by atoms with van der Waals surface area (Å²) >= 11 is 1.49. The van der Waals surface area contributed by atoms with Crippen molar-refractivity contribution in [1.29, 1.82) is 0 Å². The molecule has 0 radical (unpaired) electrons. The minimum atomic E-state index is -0.358. The van der Waals surface area contributed by atoms with Crippen molar-refractivity contribution in [3.63, 3.8) is 0 Å². The minimum absolute atomic E-state index is 0.00442. The van der Waals surface area contributed by atoms with Gasteiger partial charge < -0.3 is 19.5 Å². The highest BCUT2D eigenvalue weighted by molar-refractivity contribution is 8.00. The molecule has 6 rings (SSSR count). The van der Waals surface area contributed by atoms with Crippen molar-refractivity contribution in [2.45, 2.75) is 38.0 Å². The lowest BCUT2D eigenvalue weighted by atomic mass is 9.98. The first-order chi connectivity index (χ1) is 21.9. The van der Waals surface area contributed by atoms with Crippen molar-refractivity contribution in [2.75, 3.05) is 44.6 Å². The van der Waals surface area contributed by atoms with Gasteiger partial charge in [0, 0.05) is 29.8 Å². The zero-order valence-corrected chi connectivity index (χ0v) is 26.9. The van der Waals surface area contributed by atoms with E-state index in [0.717, 1.165) is 52.0 Å². The number of benzene rings is 3. The molecular formula is C35H38N4O5S. The third-order valence-electron chi connectivity index (χ3n) is 8.29. The molecule has 9 nitrogen and oxygen atoms in total. The molecule has 0 aliphatic carbocycles. The predicted octanol–water partition coefficient (Wildman–Crippen LogP) is 5.64. The number of carbonyl (C=O) groups excluding carboxylic acids is 2. The second-order valence-corrected chi connectivity index (χ2v) is 12.5. The van der Waals surface area contributed by atoms with Crippen LogP contribution in [0.4, 0.5) is 5.82 Å². The summed E-state index contributed by atoms with van der Waals surface area (Å²) in [4.78, 5) is 29.2. The Kier molecular flexibility index (Phi) is 9.14. The molecule has 2 amide bonds. The molecule has 234 valence electrons. The molecular weight excluding hydrogens is 588 g/mol. The number of rotatable bonds is 9. The maximum absolute atomic E-state index is 14.1. The van der Waals surface area contributed by atoms with E-state index < -0.39 is 0 Å². The van der Waals surface area contributed by atoms with Gasteiger partial charge in [0.2, 0.25) is 11.8 Å². The molecule has 1 N–H and O–H groups in total. The number of aromatic nitrogens is 2. The lowest BCUT2D eigenvalue weighted by Crippen LogP contribution is -2.44. The van der Waals surface area contributed by atoms with Crippen LogP contribution in [0.15, 0.2) is 66.7 Å². The normalized spacial score (nSPS) is 18.0. The van der Waals surface area contributed by atoms with E-state index in [4.69, 9.17) is 19.3 Å². The van der Waals surface area contributed by atoms with Crippen molar-refractivity contribution < 1.29 is 23.8 Å². The van der Waals surface area contributed by atoms with Gasteiger partial charge in [0.15, 0.2) is 0 Å². The second-order valence-electron chi connectivity index (χ2n) is 11.4. The van der Waals surface area contributed by atoms with Crippen LogP contribution < -0.4 is 19.7 Å². The van der Waals surface area contributed by atoms with Crippen LogP contribution in [0.1, 0.15) is 40.3 Å². The van der Waals surface area contributed by atoms with E-state index in [9.17, 15) is 9.59 Å². The topological polar surface area (TPSA) is 94.9 Å². The van der Waals surface area contributed by atoms with E-state index in [1.54, 1.807) is 19.1 Å². The molecule has 2 atom stereocenters. The van der Waals surface area contributed by atoms with E-state index in [0.29, 0.717) is 30.5 Å². The number of anilines is 1. The maximum atomic E-state index is 14.1. The molecule has 3 heterocycles. The third kappa shape index (κ3) is 6.30. The van der Waals surface area contributed by atoms with Crippen molar-refractivity contribution >= 4 is 29.4 Å². The first kappa shape index (κ1) is 30.7. The van der Waals surface area contributed by atoms with Gasteiger partial charge in [-0.05, 0) is 56.5 Å². The number of amides is 2. The number of aryl methyl sites for hydroxylation is 2. The van der Waals surface area contributed by atoms with Crippen LogP contribution in [0.2, 0.25) is 0 Å². The predicted molar refractivity (Wildman–Crippen MR) is 177 cm³/mol. The molecule has 3 aromatic carbocycles. The Hall–Kier alpha value is -4.28. The Morgan fingerprint density at radius 3 is 2.60 bits per heavy atom. The quantitative estimate of drug-likeness (QED) is 0.257. The van der Waals surface area contributed by atoms with Gasteiger partial charge in [-0.15, -0.1) is 11.8 Å². The molecule has 4 aromatic rings. The molecule has 1 saturated heterocycles. The summed E-state index contributed by atoms with van der Waals surface area (Å²) in [6.45, 7) is 5.06. The number of fused-ring (bicyclic) bond motifs is 1. The summed E-state index contributed by atoms with van der Waals surface area (Å²) < 4.78 is 19.0. The maximum Gasteiger partial charge on any atom is 0.240 e. The van der Waals surface area contributed by atoms with Gasteiger partial charge in [-0.25, -0.2) is 4.68 Å². The summed E-state index contributed by atoms with van der Waals surface area (Å²) in [6.07, 6.45) is 1.89. The van der Waals surface area contributed by atoms with Crippen LogP contribution in [-0.2, 0) is 14.3 Å². The van der Waals surface area contributed by atoms with Crippen LogP contribution >= 0.6 is 11.8 Å². The van der Waals surface area contributed by atoms with Gasteiger partial charge in [-0.1, -0.05) is 48.0 Å². The van der Waals surface area contributed by atoms with Crippen LogP contribution in [-0.4, -0.2) is 67.4 Å². The zero-order chi connectivity index (χ0) is 31.5. The van der Waals surface area contributed by atoms with E-state index in [1.807, 2.05) is 79.2 Å². The molecule has 10 heteroatoms. The molecule has 0 unspecified atom stereocenters. The molecule has 0 spiro atoms. The van der Waals surface area contributed by atoms with Crippen molar-refractivity contribution in [3.8, 4) is 28.4 Å². The van der Waals surface area contributed by atoms with E-state index in [2.05, 4.69) is 11.4 Å². The lowest BCUT2D eigenvalue weighted by Gasteiger charge is -2.24. The molecule has 0 bridgehead atoms. The number of methoxy groups -OCH3 is 2. The summed E-state index contributed by atoms with van der Waals surface area (Å²) in [7, 11) is 3.27. The number of nitrogens with zero attached hydrogens (tertiary/aromatic N) is 3. The Morgan fingerprint density at radius 2 is 1.89 bits per heavy atom. The van der Waals surface area contributed by atoms with Gasteiger partial charge >= 0.3 is 0 Å². The molecule has 0 saturated carbocycles. The molecule has 2 aliphatic rings. The first-order valence-corrected chi connectivity index (χ1v) is 16.2. The monoisotopic (exact) mass is 626 g/mol. The highest BCUT2D eigenvalue weighted by Crippen LogP contribution is 2.51. The lowest BCUT2D eigenvalue weighted by molar-refractivity contribution is -0.123. The Labute approximate surface area is 267 Å². The Morgan fingerprint density at radius 1 is 1.07 bits per heavy atom. The van der Waals surface area contributed by atoms with Gasteiger partial charge in [-0.3, -0.25) is 14.5 Å². The number of ether oxygens (including phenoxy) is 3. The van der Waals surface area contributed by atoms with Crippen LogP contribution in [0.25, 0.3) is 16.9 Å². The van der Waals surface area contributed by atoms with Gasteiger partial charge in [0.05, 0.1) is 42.7 Å². The fourth-order valence-corrected chi connectivity index (χ4v) is 7.27. The average Bonchev–Trinajstić information content (AvgIpc) is 3.69. The van der Waals surface area contributed by atoms with Crippen LogP contribution in [0.5, 0.6) is 11.5 Å². The third-order valence-corrected chi connectivity index (χ3v) is 9.53. The van der Waals surface area contributed by atoms with Crippen LogP contribution in [0, 0.1) is 13.8 Å². The molecule has 1 aromatic heterocycles. The molecule has 2 aliphatic heterocycles. The SMILES string of the molecule is COc1ccc(OC)c([C@H]2SCC(=O)N(CC(=O)NC[C@@H]3CCCO3)c3c2c(-c2ccccc2)nn3-c2ccc(C)cc2C)c1. The summed E-state index contributed by atoms with van der Waals surface area (Å²) in [5.74, 6) is 1.65. The summed E-state index contributed by atoms with van der Waals surface area (Å²) in [5, 5.41) is 7.87. The van der Waals surface area contributed by atoms with E-state index in [-0.39, 0.29) is 35.5 Å². The second kappa shape index (κ2) is 13.4. The highest BCUT2D eigenvalue weighted by atomic mass is 32.2. The average molecular weight is 627 g/mol. The Balaban J connectivity index is 1.57. The molecule has 45 heavy (non-hydrogen) atoms. The number of nitrogens with one attached hydrogen (secondary N) is 1. The van der Waals surface area contributed by atoms with E-state index in [1.165, 1.54) is 11.8 Å².